The average Bonchev–Trinajstić information content (AvgIpc) is 2.89. The van der Waals surface area contributed by atoms with E-state index in [1.807, 2.05) is 18.5 Å². The van der Waals surface area contributed by atoms with Crippen molar-refractivity contribution in [1.29, 1.82) is 0 Å². The molecular formula is C13H15ClN2O2. The van der Waals surface area contributed by atoms with Crippen LogP contribution >= 0.6 is 11.6 Å². The van der Waals surface area contributed by atoms with Crippen LogP contribution in [0.5, 0.6) is 11.5 Å². The summed E-state index contributed by atoms with van der Waals surface area (Å²) >= 11 is 6.09. The monoisotopic (exact) mass is 266 g/mol. The van der Waals surface area contributed by atoms with Crippen molar-refractivity contribution in [2.75, 3.05) is 19.5 Å². The molecule has 0 aliphatic heterocycles. The first-order chi connectivity index (χ1) is 8.74. The van der Waals surface area contributed by atoms with Gasteiger partial charge in [-0.25, -0.2) is 0 Å². The Hall–Kier alpha value is -1.81. The lowest BCUT2D eigenvalue weighted by atomic mass is 10.2. The fraction of sp³-hybridized carbons (Fsp3) is 0.231. The number of nitrogens with one attached hydrogen (secondary N) is 2. The van der Waals surface area contributed by atoms with Crippen LogP contribution in [0, 0.1) is 0 Å². The predicted octanol–water partition coefficient (Wildman–Crippen LogP) is 3.30. The van der Waals surface area contributed by atoms with Gasteiger partial charge in [0, 0.05) is 25.0 Å². The lowest BCUT2D eigenvalue weighted by Gasteiger charge is -2.13. The number of H-pyrrole nitrogens is 1. The summed E-state index contributed by atoms with van der Waals surface area (Å²) < 4.78 is 10.5. The smallest absolute Gasteiger partial charge is 0.145 e. The summed E-state index contributed by atoms with van der Waals surface area (Å²) in [6, 6.07) is 5.57. The molecule has 0 aliphatic carbocycles. The van der Waals surface area contributed by atoms with Gasteiger partial charge in [0.25, 0.3) is 0 Å². The topological polar surface area (TPSA) is 46.3 Å². The van der Waals surface area contributed by atoms with Gasteiger partial charge in [0.15, 0.2) is 0 Å². The lowest BCUT2D eigenvalue weighted by molar-refractivity contribution is 0.395. The summed E-state index contributed by atoms with van der Waals surface area (Å²) in [5.41, 5.74) is 1.99. The fourth-order valence-electron chi connectivity index (χ4n) is 1.66. The molecule has 0 saturated carbocycles. The van der Waals surface area contributed by atoms with Crippen LogP contribution in [-0.4, -0.2) is 19.2 Å². The minimum absolute atomic E-state index is 0.551. The molecule has 0 saturated heterocycles. The van der Waals surface area contributed by atoms with Crippen molar-refractivity contribution in [3.63, 3.8) is 0 Å². The molecule has 5 heteroatoms. The molecule has 2 N–H and O–H groups in total. The largest absolute Gasteiger partial charge is 0.495 e. The van der Waals surface area contributed by atoms with Gasteiger partial charge in [-0.2, -0.15) is 0 Å². The van der Waals surface area contributed by atoms with Gasteiger partial charge >= 0.3 is 0 Å². The second-order valence-electron chi connectivity index (χ2n) is 3.76. The maximum atomic E-state index is 6.09. The zero-order chi connectivity index (χ0) is 13.0. The molecule has 1 aromatic heterocycles. The molecule has 2 rings (SSSR count). The molecule has 4 nitrogen and oxygen atoms in total. The Morgan fingerprint density at radius 2 is 2.00 bits per heavy atom. The third-order valence-electron chi connectivity index (χ3n) is 2.62. The lowest BCUT2D eigenvalue weighted by Crippen LogP contribution is -2.01. The van der Waals surface area contributed by atoms with Crippen molar-refractivity contribution in [3.8, 4) is 11.5 Å². The first kappa shape index (κ1) is 12.6. The summed E-state index contributed by atoms with van der Waals surface area (Å²) in [4.78, 5) is 3.01. The quantitative estimate of drug-likeness (QED) is 0.873. The molecular weight excluding hydrogens is 252 g/mol. The van der Waals surface area contributed by atoms with Gasteiger partial charge in [0.05, 0.1) is 24.9 Å². The normalized spacial score (nSPS) is 10.2. The second kappa shape index (κ2) is 5.69. The SMILES string of the molecule is COc1cc(OC)c(NCc2cc[nH]c2)cc1Cl. The molecule has 1 heterocycles. The van der Waals surface area contributed by atoms with E-state index < -0.39 is 0 Å². The molecule has 0 spiro atoms. The summed E-state index contributed by atoms with van der Waals surface area (Å²) in [6.07, 6.45) is 3.82. The van der Waals surface area contributed by atoms with Crippen molar-refractivity contribution in [2.24, 2.45) is 0 Å². The number of aromatic nitrogens is 1. The number of benzene rings is 1. The van der Waals surface area contributed by atoms with Crippen LogP contribution < -0.4 is 14.8 Å². The molecule has 0 radical (unpaired) electrons. The van der Waals surface area contributed by atoms with Crippen LogP contribution in [0.3, 0.4) is 0 Å². The van der Waals surface area contributed by atoms with Crippen molar-refractivity contribution in [1.82, 2.24) is 4.98 Å². The van der Waals surface area contributed by atoms with E-state index in [0.717, 1.165) is 11.3 Å². The minimum Gasteiger partial charge on any atom is -0.495 e. The highest BCUT2D eigenvalue weighted by molar-refractivity contribution is 6.32. The van der Waals surface area contributed by atoms with Gasteiger partial charge in [0.2, 0.25) is 0 Å². The first-order valence-corrected chi connectivity index (χ1v) is 5.89. The van der Waals surface area contributed by atoms with Crippen LogP contribution in [0.1, 0.15) is 5.56 Å². The van der Waals surface area contributed by atoms with E-state index in [1.165, 1.54) is 0 Å². The molecule has 0 aliphatic rings. The van der Waals surface area contributed by atoms with E-state index in [2.05, 4.69) is 10.3 Å². The Labute approximate surface area is 111 Å². The van der Waals surface area contributed by atoms with Crippen LogP contribution in [0.2, 0.25) is 5.02 Å². The minimum atomic E-state index is 0.551. The number of aromatic amines is 1. The number of rotatable bonds is 5. The van der Waals surface area contributed by atoms with Crippen molar-refractivity contribution >= 4 is 17.3 Å². The van der Waals surface area contributed by atoms with E-state index in [9.17, 15) is 0 Å². The second-order valence-corrected chi connectivity index (χ2v) is 4.17. The zero-order valence-corrected chi connectivity index (χ0v) is 11.0. The van der Waals surface area contributed by atoms with Crippen LogP contribution in [0.4, 0.5) is 5.69 Å². The molecule has 0 atom stereocenters. The number of hydrogen-bond acceptors (Lipinski definition) is 3. The Bertz CT molecular complexity index is 512. The highest BCUT2D eigenvalue weighted by Gasteiger charge is 2.09. The molecule has 0 bridgehead atoms. The Morgan fingerprint density at radius 1 is 1.22 bits per heavy atom. The number of methoxy groups -OCH3 is 2. The fourth-order valence-corrected chi connectivity index (χ4v) is 1.90. The first-order valence-electron chi connectivity index (χ1n) is 5.51. The maximum Gasteiger partial charge on any atom is 0.145 e. The molecule has 96 valence electrons. The highest BCUT2D eigenvalue weighted by atomic mass is 35.5. The van der Waals surface area contributed by atoms with E-state index in [4.69, 9.17) is 21.1 Å². The van der Waals surface area contributed by atoms with E-state index >= 15 is 0 Å². The third kappa shape index (κ3) is 2.71. The van der Waals surface area contributed by atoms with Gasteiger partial charge in [-0.3, -0.25) is 0 Å². The summed E-state index contributed by atoms with van der Waals surface area (Å²) in [7, 11) is 3.19. The van der Waals surface area contributed by atoms with Gasteiger partial charge < -0.3 is 19.8 Å². The van der Waals surface area contributed by atoms with Crippen molar-refractivity contribution < 1.29 is 9.47 Å². The molecule has 0 amide bonds. The van der Waals surface area contributed by atoms with E-state index in [0.29, 0.717) is 23.1 Å². The van der Waals surface area contributed by atoms with Crippen molar-refractivity contribution in [2.45, 2.75) is 6.54 Å². The summed E-state index contributed by atoms with van der Waals surface area (Å²) in [5.74, 6) is 1.30. The van der Waals surface area contributed by atoms with Gasteiger partial charge in [0.1, 0.15) is 11.5 Å². The molecule has 0 fully saturated rings. The standard InChI is InChI=1S/C13H15ClN2O2/c1-17-12-6-13(18-2)11(5-10(12)14)16-8-9-3-4-15-7-9/h3-7,15-16H,8H2,1-2H3. The van der Waals surface area contributed by atoms with Gasteiger partial charge in [-0.15, -0.1) is 0 Å². The highest BCUT2D eigenvalue weighted by Crippen LogP contribution is 2.35. The molecule has 1 aromatic carbocycles. The van der Waals surface area contributed by atoms with Crippen LogP contribution in [0.15, 0.2) is 30.6 Å². The number of ether oxygens (including phenoxy) is 2. The van der Waals surface area contributed by atoms with Crippen LogP contribution in [-0.2, 0) is 6.54 Å². The zero-order valence-electron chi connectivity index (χ0n) is 10.3. The number of hydrogen-bond donors (Lipinski definition) is 2. The molecule has 2 aromatic rings. The van der Waals surface area contributed by atoms with E-state index in [1.54, 1.807) is 26.4 Å². The summed E-state index contributed by atoms with van der Waals surface area (Å²) in [5, 5.41) is 3.82. The van der Waals surface area contributed by atoms with Crippen LogP contribution in [0.25, 0.3) is 0 Å². The summed E-state index contributed by atoms with van der Waals surface area (Å²) in [6.45, 7) is 0.697. The third-order valence-corrected chi connectivity index (χ3v) is 2.91. The predicted molar refractivity (Wildman–Crippen MR) is 72.7 cm³/mol. The Balaban J connectivity index is 2.18. The number of anilines is 1. The van der Waals surface area contributed by atoms with Crippen molar-refractivity contribution in [3.05, 3.63) is 41.2 Å². The van der Waals surface area contributed by atoms with E-state index in [-0.39, 0.29) is 0 Å². The molecule has 0 unspecified atom stereocenters. The Morgan fingerprint density at radius 3 is 2.61 bits per heavy atom. The van der Waals surface area contributed by atoms with Gasteiger partial charge in [-0.1, -0.05) is 11.6 Å². The molecule has 18 heavy (non-hydrogen) atoms. The van der Waals surface area contributed by atoms with Gasteiger partial charge in [-0.05, 0) is 17.7 Å². The average molecular weight is 267 g/mol. The maximum absolute atomic E-state index is 6.09. The Kier molecular flexibility index (Phi) is 3.99. The number of halogens is 1.